The van der Waals surface area contributed by atoms with Gasteiger partial charge < -0.3 is 5.11 Å². The SMILES string of the molecule is CCn1nc(C)c(Br)c1CC(O)c1ccc(Br)c(F)c1. The lowest BCUT2D eigenvalue weighted by Crippen LogP contribution is -2.09. The molecule has 0 aliphatic rings. The van der Waals surface area contributed by atoms with Crippen LogP contribution < -0.4 is 0 Å². The van der Waals surface area contributed by atoms with Crippen molar-refractivity contribution in [3.8, 4) is 0 Å². The normalized spacial score (nSPS) is 12.7. The summed E-state index contributed by atoms with van der Waals surface area (Å²) in [6.07, 6.45) is -0.383. The van der Waals surface area contributed by atoms with E-state index in [1.54, 1.807) is 12.1 Å². The number of aryl methyl sites for hydroxylation is 2. The van der Waals surface area contributed by atoms with Crippen LogP contribution in [0, 0.1) is 12.7 Å². The van der Waals surface area contributed by atoms with Crippen molar-refractivity contribution in [1.29, 1.82) is 0 Å². The lowest BCUT2D eigenvalue weighted by atomic mass is 10.0. The van der Waals surface area contributed by atoms with Gasteiger partial charge >= 0.3 is 0 Å². The molecule has 20 heavy (non-hydrogen) atoms. The summed E-state index contributed by atoms with van der Waals surface area (Å²) in [5.74, 6) is -0.374. The van der Waals surface area contributed by atoms with Gasteiger partial charge in [0.1, 0.15) is 5.82 Å². The summed E-state index contributed by atoms with van der Waals surface area (Å²) in [6.45, 7) is 4.63. The zero-order valence-electron chi connectivity index (χ0n) is 11.2. The van der Waals surface area contributed by atoms with Crippen LogP contribution in [-0.2, 0) is 13.0 Å². The van der Waals surface area contributed by atoms with Gasteiger partial charge in [-0.05, 0) is 63.4 Å². The van der Waals surface area contributed by atoms with Gasteiger partial charge in [-0.2, -0.15) is 5.10 Å². The lowest BCUT2D eigenvalue weighted by Gasteiger charge is -2.13. The van der Waals surface area contributed by atoms with E-state index in [1.165, 1.54) is 6.07 Å². The van der Waals surface area contributed by atoms with E-state index >= 15 is 0 Å². The predicted octanol–water partition coefficient (Wildman–Crippen LogP) is 4.15. The van der Waals surface area contributed by atoms with E-state index in [4.69, 9.17) is 0 Å². The van der Waals surface area contributed by atoms with Crippen molar-refractivity contribution >= 4 is 31.9 Å². The summed E-state index contributed by atoms with van der Waals surface area (Å²) in [5.41, 5.74) is 2.36. The minimum atomic E-state index is -0.768. The van der Waals surface area contributed by atoms with E-state index in [0.717, 1.165) is 22.4 Å². The molecule has 108 valence electrons. The molecule has 1 aromatic carbocycles. The topological polar surface area (TPSA) is 38.0 Å². The zero-order valence-corrected chi connectivity index (χ0v) is 14.4. The fourth-order valence-electron chi connectivity index (χ4n) is 2.08. The molecule has 0 spiro atoms. The Morgan fingerprint density at radius 2 is 2.10 bits per heavy atom. The maximum Gasteiger partial charge on any atom is 0.137 e. The van der Waals surface area contributed by atoms with Crippen LogP contribution in [0.25, 0.3) is 0 Å². The molecular weight excluding hydrogens is 391 g/mol. The Bertz CT molecular complexity index is 628. The van der Waals surface area contributed by atoms with Gasteiger partial charge in [-0.3, -0.25) is 4.68 Å². The van der Waals surface area contributed by atoms with Crippen LogP contribution in [0.4, 0.5) is 4.39 Å². The highest BCUT2D eigenvalue weighted by Gasteiger charge is 2.18. The van der Waals surface area contributed by atoms with Gasteiger partial charge in [-0.1, -0.05) is 6.07 Å². The van der Waals surface area contributed by atoms with Gasteiger partial charge in [-0.15, -0.1) is 0 Å². The molecule has 0 bridgehead atoms. The second-order valence-electron chi connectivity index (χ2n) is 4.56. The van der Waals surface area contributed by atoms with E-state index in [2.05, 4.69) is 37.0 Å². The smallest absolute Gasteiger partial charge is 0.137 e. The second-order valence-corrected chi connectivity index (χ2v) is 6.20. The first-order valence-corrected chi connectivity index (χ1v) is 7.87. The molecule has 0 fully saturated rings. The molecule has 1 unspecified atom stereocenters. The van der Waals surface area contributed by atoms with Gasteiger partial charge in [0, 0.05) is 13.0 Å². The third kappa shape index (κ3) is 3.13. The number of hydrogen-bond donors (Lipinski definition) is 1. The molecule has 1 aromatic heterocycles. The monoisotopic (exact) mass is 404 g/mol. The van der Waals surface area contributed by atoms with Crippen LogP contribution in [0.5, 0.6) is 0 Å². The van der Waals surface area contributed by atoms with E-state index in [1.807, 2.05) is 18.5 Å². The van der Waals surface area contributed by atoms with Crippen LogP contribution >= 0.6 is 31.9 Å². The van der Waals surface area contributed by atoms with Crippen molar-refractivity contribution in [1.82, 2.24) is 9.78 Å². The number of benzene rings is 1. The summed E-state index contributed by atoms with van der Waals surface area (Å²) >= 11 is 6.60. The number of nitrogens with zero attached hydrogens (tertiary/aromatic N) is 2. The first kappa shape index (κ1) is 15.7. The fourth-order valence-corrected chi connectivity index (χ4v) is 2.78. The van der Waals surface area contributed by atoms with Gasteiger partial charge in [-0.25, -0.2) is 4.39 Å². The maximum absolute atomic E-state index is 13.5. The van der Waals surface area contributed by atoms with Crippen LogP contribution in [0.15, 0.2) is 27.1 Å². The molecule has 3 nitrogen and oxygen atoms in total. The first-order valence-electron chi connectivity index (χ1n) is 6.28. The van der Waals surface area contributed by atoms with Gasteiger partial charge in [0.05, 0.1) is 26.4 Å². The molecule has 0 saturated heterocycles. The Kier molecular flexibility index (Phi) is 4.99. The summed E-state index contributed by atoms with van der Waals surface area (Å²) in [5, 5.41) is 14.7. The number of hydrogen-bond acceptors (Lipinski definition) is 2. The van der Waals surface area contributed by atoms with Crippen LogP contribution in [0.3, 0.4) is 0 Å². The van der Waals surface area contributed by atoms with Crippen molar-refractivity contribution < 1.29 is 9.50 Å². The zero-order chi connectivity index (χ0) is 14.9. The first-order chi connectivity index (χ1) is 9.43. The largest absolute Gasteiger partial charge is 0.388 e. The average Bonchev–Trinajstić information content (AvgIpc) is 2.69. The molecule has 2 rings (SSSR count). The summed E-state index contributed by atoms with van der Waals surface area (Å²) in [7, 11) is 0. The summed E-state index contributed by atoms with van der Waals surface area (Å²) < 4.78 is 16.7. The predicted molar refractivity (Wildman–Crippen MR) is 83.1 cm³/mol. The minimum Gasteiger partial charge on any atom is -0.388 e. The highest BCUT2D eigenvalue weighted by molar-refractivity contribution is 9.10. The van der Waals surface area contributed by atoms with E-state index in [-0.39, 0.29) is 5.82 Å². The highest BCUT2D eigenvalue weighted by atomic mass is 79.9. The van der Waals surface area contributed by atoms with E-state index < -0.39 is 6.10 Å². The Hall–Kier alpha value is -0.720. The Labute approximate surface area is 134 Å². The standard InChI is InChI=1S/C14H15Br2FN2O/c1-3-19-12(14(16)8(2)18-19)7-13(20)9-4-5-10(15)11(17)6-9/h4-6,13,20H,3,7H2,1-2H3. The van der Waals surface area contributed by atoms with E-state index in [9.17, 15) is 9.50 Å². The number of aliphatic hydroxyl groups is 1. The molecule has 0 amide bonds. The molecule has 0 saturated carbocycles. The average molecular weight is 406 g/mol. The van der Waals surface area contributed by atoms with Crippen molar-refractivity contribution in [2.75, 3.05) is 0 Å². The van der Waals surface area contributed by atoms with Crippen molar-refractivity contribution in [3.05, 3.63) is 49.9 Å². The second kappa shape index (κ2) is 6.37. The molecule has 0 aliphatic carbocycles. The number of aromatic nitrogens is 2. The molecule has 2 aromatic rings. The van der Waals surface area contributed by atoms with Crippen molar-refractivity contribution in [2.45, 2.75) is 32.9 Å². The maximum atomic E-state index is 13.5. The Balaban J connectivity index is 2.27. The molecule has 0 radical (unpaired) electrons. The molecule has 1 N–H and O–H groups in total. The minimum absolute atomic E-state index is 0.374. The van der Waals surface area contributed by atoms with Crippen LogP contribution in [0.2, 0.25) is 0 Å². The molecule has 0 aliphatic heterocycles. The number of aliphatic hydroxyl groups excluding tert-OH is 1. The highest BCUT2D eigenvalue weighted by Crippen LogP contribution is 2.28. The molecular formula is C14H15Br2FN2O. The van der Waals surface area contributed by atoms with Crippen LogP contribution in [-0.4, -0.2) is 14.9 Å². The number of halogens is 3. The van der Waals surface area contributed by atoms with Gasteiger partial charge in [0.15, 0.2) is 0 Å². The third-order valence-corrected chi connectivity index (χ3v) is 4.84. The van der Waals surface area contributed by atoms with Crippen molar-refractivity contribution in [3.63, 3.8) is 0 Å². The van der Waals surface area contributed by atoms with E-state index in [0.29, 0.717) is 16.5 Å². The molecule has 6 heteroatoms. The summed E-state index contributed by atoms with van der Waals surface area (Å²) in [6, 6.07) is 4.67. The van der Waals surface area contributed by atoms with Crippen molar-refractivity contribution in [2.24, 2.45) is 0 Å². The molecule has 1 atom stereocenters. The quantitative estimate of drug-likeness (QED) is 0.829. The van der Waals surface area contributed by atoms with Gasteiger partial charge in [0.25, 0.3) is 0 Å². The molecule has 1 heterocycles. The van der Waals surface area contributed by atoms with Crippen LogP contribution in [0.1, 0.15) is 30.0 Å². The summed E-state index contributed by atoms with van der Waals surface area (Å²) in [4.78, 5) is 0. The lowest BCUT2D eigenvalue weighted by molar-refractivity contribution is 0.174. The fraction of sp³-hybridized carbons (Fsp3) is 0.357. The van der Waals surface area contributed by atoms with Gasteiger partial charge in [0.2, 0.25) is 0 Å². The Morgan fingerprint density at radius 1 is 1.40 bits per heavy atom. The third-order valence-electron chi connectivity index (χ3n) is 3.17. The number of rotatable bonds is 4. The Morgan fingerprint density at radius 3 is 2.70 bits per heavy atom.